The number of methoxy groups -OCH3 is 1. The molecule has 0 aliphatic carbocycles. The molecule has 1 heterocycles. The van der Waals surface area contributed by atoms with Gasteiger partial charge in [-0.2, -0.15) is 0 Å². The Kier molecular flexibility index (Phi) is 6.43. The zero-order chi connectivity index (χ0) is 17.5. The first-order chi connectivity index (χ1) is 11.5. The minimum absolute atomic E-state index is 0.216. The number of guanidine groups is 1. The molecule has 0 unspecified atom stereocenters. The number of rotatable bonds is 6. The number of hydrogen-bond donors (Lipinski definition) is 2. The molecule has 0 radical (unpaired) electrons. The van der Waals surface area contributed by atoms with Crippen LogP contribution in [0.4, 0.5) is 0 Å². The third kappa shape index (κ3) is 4.86. The fourth-order valence-corrected chi connectivity index (χ4v) is 2.85. The molecule has 2 aromatic rings. The normalized spacial score (nSPS) is 11.4. The summed E-state index contributed by atoms with van der Waals surface area (Å²) in [6.07, 6.45) is 0. The third-order valence-electron chi connectivity index (χ3n) is 3.45. The van der Waals surface area contributed by atoms with Gasteiger partial charge in [0.1, 0.15) is 11.5 Å². The Balaban J connectivity index is 2.12. The van der Waals surface area contributed by atoms with Crippen LogP contribution in [0.1, 0.15) is 23.2 Å². The molecule has 0 atom stereocenters. The zero-order valence-corrected chi connectivity index (χ0v) is 15.4. The number of phenols is 1. The summed E-state index contributed by atoms with van der Waals surface area (Å²) in [5.74, 6) is 1.69. The maximum Gasteiger partial charge on any atom is 0.194 e. The predicted octanol–water partition coefficient (Wildman–Crippen LogP) is 2.76. The van der Waals surface area contributed by atoms with Crippen LogP contribution >= 0.6 is 11.3 Å². The molecular weight excluding hydrogens is 324 g/mol. The Morgan fingerprint density at radius 2 is 2.25 bits per heavy atom. The van der Waals surface area contributed by atoms with Crippen LogP contribution < -0.4 is 10.1 Å². The largest absolute Gasteiger partial charge is 0.508 e. The molecule has 1 aromatic carbocycles. The molecule has 130 valence electrons. The summed E-state index contributed by atoms with van der Waals surface area (Å²) in [5.41, 5.74) is 1.75. The van der Waals surface area contributed by atoms with E-state index in [0.29, 0.717) is 18.8 Å². The van der Waals surface area contributed by atoms with E-state index in [1.807, 2.05) is 25.8 Å². The van der Waals surface area contributed by atoms with Crippen LogP contribution in [-0.4, -0.2) is 41.7 Å². The first kappa shape index (κ1) is 18.1. The maximum atomic E-state index is 9.98. The lowest BCUT2D eigenvalue weighted by Gasteiger charge is -2.21. The van der Waals surface area contributed by atoms with Crippen molar-refractivity contribution in [1.29, 1.82) is 0 Å². The number of nitrogens with one attached hydrogen (secondary N) is 1. The van der Waals surface area contributed by atoms with Crippen LogP contribution in [0.5, 0.6) is 11.5 Å². The van der Waals surface area contributed by atoms with Crippen molar-refractivity contribution in [3.63, 3.8) is 0 Å². The summed E-state index contributed by atoms with van der Waals surface area (Å²) in [5, 5.41) is 16.4. The lowest BCUT2D eigenvalue weighted by molar-refractivity contribution is 0.410. The summed E-state index contributed by atoms with van der Waals surface area (Å²) >= 11 is 1.64. The molecule has 0 spiro atoms. The minimum atomic E-state index is 0.216. The highest BCUT2D eigenvalue weighted by atomic mass is 32.1. The molecule has 0 aliphatic heterocycles. The Morgan fingerprint density at radius 1 is 1.46 bits per heavy atom. The number of ether oxygens (including phenoxy) is 1. The molecule has 6 nitrogen and oxygen atoms in total. The van der Waals surface area contributed by atoms with Crippen molar-refractivity contribution >= 4 is 17.3 Å². The predicted molar refractivity (Wildman–Crippen MR) is 97.8 cm³/mol. The fourth-order valence-electron chi connectivity index (χ4n) is 2.24. The van der Waals surface area contributed by atoms with Crippen LogP contribution in [0.2, 0.25) is 0 Å². The van der Waals surface area contributed by atoms with E-state index >= 15 is 0 Å². The standard InChI is InChI=1S/C17H24N4O2S/c1-5-18-17(21(3)10-14-11-24-12(2)20-14)19-9-13-8-15(23-4)6-7-16(13)22/h6-8,11,22H,5,9-10H2,1-4H3,(H,18,19). The SMILES string of the molecule is CCNC(=NCc1cc(OC)ccc1O)N(C)Cc1csc(C)n1. The number of phenolic OH excluding ortho intramolecular Hbond substituents is 1. The van der Waals surface area contributed by atoms with Crippen LogP contribution in [0, 0.1) is 6.92 Å². The van der Waals surface area contributed by atoms with E-state index in [0.717, 1.165) is 28.8 Å². The van der Waals surface area contributed by atoms with Gasteiger partial charge in [0, 0.05) is 24.5 Å². The van der Waals surface area contributed by atoms with E-state index in [1.54, 1.807) is 36.6 Å². The Labute approximate surface area is 146 Å². The van der Waals surface area contributed by atoms with Gasteiger partial charge in [0.25, 0.3) is 0 Å². The zero-order valence-electron chi connectivity index (χ0n) is 14.5. The monoisotopic (exact) mass is 348 g/mol. The minimum Gasteiger partial charge on any atom is -0.508 e. The average Bonchev–Trinajstić information content (AvgIpc) is 2.97. The number of aromatic hydroxyl groups is 1. The molecule has 0 saturated heterocycles. The average molecular weight is 348 g/mol. The van der Waals surface area contributed by atoms with E-state index in [-0.39, 0.29) is 5.75 Å². The smallest absolute Gasteiger partial charge is 0.194 e. The highest BCUT2D eigenvalue weighted by Crippen LogP contribution is 2.23. The second-order valence-corrected chi connectivity index (χ2v) is 6.44. The Morgan fingerprint density at radius 3 is 2.88 bits per heavy atom. The molecule has 2 rings (SSSR count). The first-order valence-corrected chi connectivity index (χ1v) is 8.67. The molecule has 2 N–H and O–H groups in total. The third-order valence-corrected chi connectivity index (χ3v) is 4.27. The molecule has 0 bridgehead atoms. The van der Waals surface area contributed by atoms with Gasteiger partial charge in [-0.25, -0.2) is 9.98 Å². The highest BCUT2D eigenvalue weighted by Gasteiger charge is 2.10. The van der Waals surface area contributed by atoms with Crippen LogP contribution in [0.25, 0.3) is 0 Å². The molecule has 0 aliphatic rings. The number of hydrogen-bond acceptors (Lipinski definition) is 5. The van der Waals surface area contributed by atoms with E-state index in [9.17, 15) is 5.11 Å². The van der Waals surface area contributed by atoms with Gasteiger partial charge in [0.2, 0.25) is 0 Å². The highest BCUT2D eigenvalue weighted by molar-refractivity contribution is 7.09. The van der Waals surface area contributed by atoms with Crippen LogP contribution in [0.15, 0.2) is 28.6 Å². The van der Waals surface area contributed by atoms with Crippen molar-refractivity contribution in [2.75, 3.05) is 20.7 Å². The number of nitrogens with zero attached hydrogens (tertiary/aromatic N) is 3. The number of aryl methyl sites for hydroxylation is 1. The van der Waals surface area contributed by atoms with Gasteiger partial charge in [-0.1, -0.05) is 0 Å². The van der Waals surface area contributed by atoms with Gasteiger partial charge in [-0.05, 0) is 32.0 Å². The molecule has 1 aromatic heterocycles. The van der Waals surface area contributed by atoms with Crippen molar-refractivity contribution < 1.29 is 9.84 Å². The van der Waals surface area contributed by atoms with E-state index in [1.165, 1.54) is 0 Å². The molecule has 24 heavy (non-hydrogen) atoms. The molecule has 0 amide bonds. The molecule has 0 fully saturated rings. The number of benzene rings is 1. The summed E-state index contributed by atoms with van der Waals surface area (Å²) < 4.78 is 5.20. The van der Waals surface area contributed by atoms with Crippen LogP contribution in [0.3, 0.4) is 0 Å². The lowest BCUT2D eigenvalue weighted by Crippen LogP contribution is -2.38. The van der Waals surface area contributed by atoms with Crippen molar-refractivity contribution in [3.05, 3.63) is 39.8 Å². The first-order valence-electron chi connectivity index (χ1n) is 7.79. The fraction of sp³-hybridized carbons (Fsp3) is 0.412. The second-order valence-electron chi connectivity index (χ2n) is 5.38. The van der Waals surface area contributed by atoms with Gasteiger partial charge in [0.15, 0.2) is 5.96 Å². The quantitative estimate of drug-likeness (QED) is 0.620. The van der Waals surface area contributed by atoms with E-state index in [4.69, 9.17) is 4.74 Å². The summed E-state index contributed by atoms with van der Waals surface area (Å²) in [7, 11) is 3.58. The van der Waals surface area contributed by atoms with Crippen molar-refractivity contribution in [1.82, 2.24) is 15.2 Å². The van der Waals surface area contributed by atoms with Gasteiger partial charge in [-0.15, -0.1) is 11.3 Å². The summed E-state index contributed by atoms with van der Waals surface area (Å²) in [6.45, 7) is 5.84. The molecule has 0 saturated carbocycles. The summed E-state index contributed by atoms with van der Waals surface area (Å²) in [6, 6.07) is 5.15. The van der Waals surface area contributed by atoms with Gasteiger partial charge >= 0.3 is 0 Å². The molecular formula is C17H24N4O2S. The maximum absolute atomic E-state index is 9.98. The molecule has 7 heteroatoms. The number of aromatic nitrogens is 1. The van der Waals surface area contributed by atoms with Crippen LogP contribution in [-0.2, 0) is 13.1 Å². The van der Waals surface area contributed by atoms with Gasteiger partial charge in [-0.3, -0.25) is 0 Å². The van der Waals surface area contributed by atoms with E-state index < -0.39 is 0 Å². The number of aliphatic imine (C=N–C) groups is 1. The Bertz CT molecular complexity index is 700. The van der Waals surface area contributed by atoms with Gasteiger partial charge in [0.05, 0.1) is 30.9 Å². The van der Waals surface area contributed by atoms with Crippen molar-refractivity contribution in [2.24, 2.45) is 4.99 Å². The van der Waals surface area contributed by atoms with Gasteiger partial charge < -0.3 is 20.1 Å². The topological polar surface area (TPSA) is 70.0 Å². The number of thiazole rings is 1. The van der Waals surface area contributed by atoms with Crippen molar-refractivity contribution in [2.45, 2.75) is 26.9 Å². The van der Waals surface area contributed by atoms with E-state index in [2.05, 4.69) is 20.7 Å². The Hall–Kier alpha value is -2.28. The second kappa shape index (κ2) is 8.54. The summed E-state index contributed by atoms with van der Waals surface area (Å²) in [4.78, 5) is 11.1. The lowest BCUT2D eigenvalue weighted by atomic mass is 10.2. The van der Waals surface area contributed by atoms with Crippen molar-refractivity contribution in [3.8, 4) is 11.5 Å².